The number of nitrogens with one attached hydrogen (secondary N) is 2. The Labute approximate surface area is 172 Å². The molecular formula is C18H15F3N4O2S2. The molecule has 2 aromatic carbocycles. The lowest BCUT2D eigenvalue weighted by Crippen LogP contribution is -2.14. The van der Waals surface area contributed by atoms with Gasteiger partial charge in [-0.1, -0.05) is 29.2 Å². The highest BCUT2D eigenvalue weighted by atomic mass is 32.2. The molecule has 3 rings (SSSR count). The van der Waals surface area contributed by atoms with Gasteiger partial charge in [-0.15, -0.1) is 10.2 Å². The second-order valence-corrected chi connectivity index (χ2v) is 7.84. The van der Waals surface area contributed by atoms with Gasteiger partial charge in [-0.2, -0.15) is 13.2 Å². The van der Waals surface area contributed by atoms with Gasteiger partial charge in [-0.25, -0.2) is 0 Å². The second kappa shape index (κ2) is 9.14. The zero-order valence-corrected chi connectivity index (χ0v) is 16.6. The Kier molecular flexibility index (Phi) is 6.60. The first-order valence-corrected chi connectivity index (χ1v) is 9.98. The lowest BCUT2D eigenvalue weighted by molar-refractivity contribution is -0.137. The molecular weight excluding hydrogens is 425 g/mol. The third kappa shape index (κ3) is 6.09. The lowest BCUT2D eigenvalue weighted by atomic mass is 10.2. The Hall–Kier alpha value is -2.79. The predicted octanol–water partition coefficient (Wildman–Crippen LogP) is 5.04. The average Bonchev–Trinajstić information content (AvgIpc) is 3.13. The van der Waals surface area contributed by atoms with E-state index in [1.54, 1.807) is 7.11 Å². The van der Waals surface area contributed by atoms with Gasteiger partial charge in [0.25, 0.3) is 0 Å². The number of alkyl halides is 3. The van der Waals surface area contributed by atoms with Crippen LogP contribution in [0.25, 0.3) is 0 Å². The van der Waals surface area contributed by atoms with Crippen LogP contribution in [0.15, 0.2) is 52.9 Å². The fraction of sp³-hybridized carbons (Fsp3) is 0.167. The molecule has 1 heterocycles. The van der Waals surface area contributed by atoms with E-state index >= 15 is 0 Å². The third-order valence-corrected chi connectivity index (χ3v) is 5.52. The summed E-state index contributed by atoms with van der Waals surface area (Å²) in [4.78, 5) is 12.0. The van der Waals surface area contributed by atoms with Crippen molar-refractivity contribution in [2.45, 2.75) is 10.5 Å². The van der Waals surface area contributed by atoms with Crippen LogP contribution in [0.2, 0.25) is 0 Å². The zero-order valence-electron chi connectivity index (χ0n) is 15.0. The summed E-state index contributed by atoms with van der Waals surface area (Å²) in [6, 6.07) is 11.6. The maximum absolute atomic E-state index is 12.6. The Balaban J connectivity index is 1.50. The smallest absolute Gasteiger partial charge is 0.416 e. The minimum Gasteiger partial charge on any atom is -0.497 e. The molecule has 0 saturated heterocycles. The van der Waals surface area contributed by atoms with Crippen molar-refractivity contribution in [1.82, 2.24) is 10.2 Å². The minimum atomic E-state index is -4.41. The van der Waals surface area contributed by atoms with Crippen LogP contribution < -0.4 is 15.4 Å². The summed E-state index contributed by atoms with van der Waals surface area (Å²) in [6.07, 6.45) is -4.41. The number of carbonyl (C=O) groups excluding carboxylic acids is 1. The first-order chi connectivity index (χ1) is 13.8. The molecule has 0 radical (unpaired) electrons. The van der Waals surface area contributed by atoms with Crippen LogP contribution in [0.4, 0.5) is 29.7 Å². The largest absolute Gasteiger partial charge is 0.497 e. The maximum atomic E-state index is 12.6. The van der Waals surface area contributed by atoms with E-state index in [1.807, 2.05) is 24.3 Å². The Bertz CT molecular complexity index is 978. The summed E-state index contributed by atoms with van der Waals surface area (Å²) in [5.41, 5.74) is 0.313. The molecule has 11 heteroatoms. The van der Waals surface area contributed by atoms with Gasteiger partial charge in [-0.3, -0.25) is 4.79 Å². The van der Waals surface area contributed by atoms with Crippen molar-refractivity contribution in [1.29, 1.82) is 0 Å². The molecule has 1 aromatic heterocycles. The highest BCUT2D eigenvalue weighted by Crippen LogP contribution is 2.30. The fourth-order valence-corrected chi connectivity index (χ4v) is 3.78. The van der Waals surface area contributed by atoms with Crippen molar-refractivity contribution in [3.05, 3.63) is 54.1 Å². The molecule has 0 unspecified atom stereocenters. The van der Waals surface area contributed by atoms with E-state index in [4.69, 9.17) is 4.74 Å². The number of methoxy groups -OCH3 is 1. The summed E-state index contributed by atoms with van der Waals surface area (Å²) < 4.78 is 43.4. The van der Waals surface area contributed by atoms with Crippen molar-refractivity contribution in [2.24, 2.45) is 0 Å². The molecule has 0 aliphatic heterocycles. The van der Waals surface area contributed by atoms with Gasteiger partial charge in [-0.05, 0) is 36.4 Å². The van der Waals surface area contributed by atoms with Gasteiger partial charge in [0.1, 0.15) is 5.75 Å². The van der Waals surface area contributed by atoms with Crippen molar-refractivity contribution < 1.29 is 22.7 Å². The molecule has 6 nitrogen and oxygen atoms in total. The monoisotopic (exact) mass is 440 g/mol. The summed E-state index contributed by atoms with van der Waals surface area (Å²) in [6.45, 7) is 0. The number of hydrogen-bond donors (Lipinski definition) is 2. The van der Waals surface area contributed by atoms with Crippen LogP contribution in [0.1, 0.15) is 5.56 Å². The van der Waals surface area contributed by atoms with Gasteiger partial charge in [0.15, 0.2) is 4.34 Å². The number of benzene rings is 2. The molecule has 0 fully saturated rings. The topological polar surface area (TPSA) is 76.1 Å². The number of rotatable bonds is 7. The quantitative estimate of drug-likeness (QED) is 0.502. The summed E-state index contributed by atoms with van der Waals surface area (Å²) >= 11 is 2.46. The van der Waals surface area contributed by atoms with Crippen molar-refractivity contribution in [3.63, 3.8) is 0 Å². The van der Waals surface area contributed by atoms with E-state index in [0.29, 0.717) is 20.9 Å². The van der Waals surface area contributed by atoms with Crippen LogP contribution in [-0.4, -0.2) is 29.0 Å². The number of anilines is 3. The molecule has 3 aromatic rings. The average molecular weight is 440 g/mol. The Morgan fingerprint density at radius 3 is 2.59 bits per heavy atom. The number of hydrogen-bond acceptors (Lipinski definition) is 7. The van der Waals surface area contributed by atoms with E-state index in [0.717, 1.165) is 17.8 Å². The minimum absolute atomic E-state index is 0.0504. The third-order valence-electron chi connectivity index (χ3n) is 3.55. The molecule has 0 atom stereocenters. The molecule has 0 bridgehead atoms. The van der Waals surface area contributed by atoms with E-state index in [2.05, 4.69) is 20.8 Å². The SMILES string of the molecule is COc1cccc(Nc2nnc(SCC(=O)Nc3ccc(C(F)(F)F)cc3)s2)c1. The highest BCUT2D eigenvalue weighted by Gasteiger charge is 2.29. The number of halogens is 3. The van der Waals surface area contributed by atoms with Gasteiger partial charge >= 0.3 is 6.18 Å². The van der Waals surface area contributed by atoms with E-state index in [9.17, 15) is 18.0 Å². The fourth-order valence-electron chi connectivity index (χ4n) is 2.21. The number of ether oxygens (including phenoxy) is 1. The van der Waals surface area contributed by atoms with Gasteiger partial charge < -0.3 is 15.4 Å². The molecule has 0 aliphatic carbocycles. The van der Waals surface area contributed by atoms with Gasteiger partial charge in [0.05, 0.1) is 18.4 Å². The molecule has 1 amide bonds. The number of carbonyl (C=O) groups is 1. The number of nitrogens with zero attached hydrogens (tertiary/aromatic N) is 2. The number of amides is 1. The first kappa shape index (κ1) is 20.9. The molecule has 0 spiro atoms. The summed E-state index contributed by atoms with van der Waals surface area (Å²) in [5, 5.41) is 14.2. The Morgan fingerprint density at radius 1 is 1.14 bits per heavy atom. The molecule has 2 N–H and O–H groups in total. The van der Waals surface area contributed by atoms with Crippen molar-refractivity contribution >= 4 is 45.5 Å². The zero-order chi connectivity index (χ0) is 20.9. The van der Waals surface area contributed by atoms with E-state index < -0.39 is 11.7 Å². The molecule has 152 valence electrons. The summed E-state index contributed by atoms with van der Waals surface area (Å²) in [7, 11) is 1.58. The number of thioether (sulfide) groups is 1. The van der Waals surface area contributed by atoms with Crippen LogP contribution in [0.5, 0.6) is 5.75 Å². The normalized spacial score (nSPS) is 11.2. The van der Waals surface area contributed by atoms with Crippen LogP contribution in [0, 0.1) is 0 Å². The highest BCUT2D eigenvalue weighted by molar-refractivity contribution is 8.01. The van der Waals surface area contributed by atoms with Crippen LogP contribution >= 0.6 is 23.1 Å². The Morgan fingerprint density at radius 2 is 1.90 bits per heavy atom. The van der Waals surface area contributed by atoms with Gasteiger partial charge in [0.2, 0.25) is 11.0 Å². The number of aromatic nitrogens is 2. The van der Waals surface area contributed by atoms with E-state index in [-0.39, 0.29) is 11.7 Å². The molecule has 0 aliphatic rings. The second-order valence-electron chi connectivity index (χ2n) is 5.64. The maximum Gasteiger partial charge on any atom is 0.416 e. The first-order valence-electron chi connectivity index (χ1n) is 8.18. The van der Waals surface area contributed by atoms with Gasteiger partial charge in [0, 0.05) is 17.4 Å². The van der Waals surface area contributed by atoms with E-state index in [1.165, 1.54) is 35.2 Å². The summed E-state index contributed by atoms with van der Waals surface area (Å²) in [5.74, 6) is 0.399. The van der Waals surface area contributed by atoms with Crippen LogP contribution in [0.3, 0.4) is 0 Å². The lowest BCUT2D eigenvalue weighted by Gasteiger charge is -2.08. The van der Waals surface area contributed by atoms with Crippen LogP contribution in [-0.2, 0) is 11.0 Å². The predicted molar refractivity (Wildman–Crippen MR) is 107 cm³/mol. The molecule has 0 saturated carbocycles. The van der Waals surface area contributed by atoms with Crippen molar-refractivity contribution in [2.75, 3.05) is 23.5 Å². The molecule has 29 heavy (non-hydrogen) atoms. The van der Waals surface area contributed by atoms with Crippen molar-refractivity contribution in [3.8, 4) is 5.75 Å². The standard InChI is InChI=1S/C18H15F3N4O2S2/c1-27-14-4-2-3-13(9-14)23-16-24-25-17(29-16)28-10-15(26)22-12-7-5-11(6-8-12)18(19,20)21/h2-9H,10H2,1H3,(H,22,26)(H,23,24).